The molecule has 41 heavy (non-hydrogen) atoms. The number of carboxylic acids is 1. The molecule has 1 amide bonds. The number of carbonyl (C=O) groups is 3. The van der Waals surface area contributed by atoms with Crippen LogP contribution in [0, 0.1) is 5.92 Å². The van der Waals surface area contributed by atoms with E-state index in [1.54, 1.807) is 47.4 Å². The average Bonchev–Trinajstić information content (AvgIpc) is 3.36. The molecular formula is C31H32N2O8. The number of fused-ring (bicyclic) bond motifs is 2. The molecule has 0 saturated heterocycles. The maximum absolute atomic E-state index is 13.1. The van der Waals surface area contributed by atoms with Gasteiger partial charge >= 0.3 is 12.1 Å². The van der Waals surface area contributed by atoms with Gasteiger partial charge in [0.05, 0.1) is 24.5 Å². The van der Waals surface area contributed by atoms with Crippen molar-refractivity contribution in [1.82, 2.24) is 0 Å². The number of ether oxygens (including phenoxy) is 3. The number of amides is 1. The molecule has 0 fully saturated rings. The highest BCUT2D eigenvalue weighted by Gasteiger charge is 2.30. The molecule has 1 aliphatic heterocycles. The van der Waals surface area contributed by atoms with E-state index in [-0.39, 0.29) is 24.6 Å². The molecule has 1 heterocycles. The van der Waals surface area contributed by atoms with E-state index in [0.717, 1.165) is 19.3 Å². The molecule has 0 saturated carbocycles. The maximum Gasteiger partial charge on any atom is 0.508 e. The molecule has 5 rings (SSSR count). The molecule has 0 spiro atoms. The van der Waals surface area contributed by atoms with Gasteiger partial charge in [-0.05, 0) is 79.1 Å². The summed E-state index contributed by atoms with van der Waals surface area (Å²) >= 11 is 0. The monoisotopic (exact) mass is 560 g/mol. The standard InChI is InChI=1S/C31H32N2O8/c34-27(35)9-4-15-33-19-28(41-31(37)38)40-29-25(7-3-8-26(29)33)32-30(36)21-10-12-24(13-11-21)39-16-14-20-17-22-5-1-2-6-23(22)18-20/h1-3,5-8,10-13,20,28H,4,9,14-19H2,(H,32,36)(H,34,35)(H,37,38). The van der Waals surface area contributed by atoms with Crippen LogP contribution < -0.4 is 19.7 Å². The Hall–Kier alpha value is -4.73. The molecule has 214 valence electrons. The summed E-state index contributed by atoms with van der Waals surface area (Å²) in [5.74, 6) is 0.209. The van der Waals surface area contributed by atoms with E-state index in [0.29, 0.717) is 48.2 Å². The number of aliphatic carboxylic acids is 1. The Morgan fingerprint density at radius 2 is 1.68 bits per heavy atom. The smallest absolute Gasteiger partial charge is 0.494 e. The molecule has 3 aromatic carbocycles. The zero-order valence-electron chi connectivity index (χ0n) is 22.5. The third-order valence-corrected chi connectivity index (χ3v) is 7.30. The van der Waals surface area contributed by atoms with Crippen molar-refractivity contribution in [3.05, 3.63) is 83.4 Å². The molecule has 2 aliphatic rings. The first-order valence-electron chi connectivity index (χ1n) is 13.6. The number of rotatable bonds is 11. The van der Waals surface area contributed by atoms with Crippen molar-refractivity contribution in [2.24, 2.45) is 5.92 Å². The van der Waals surface area contributed by atoms with Crippen molar-refractivity contribution >= 4 is 29.4 Å². The lowest BCUT2D eigenvalue weighted by Crippen LogP contribution is -2.43. The number of nitrogens with zero attached hydrogens (tertiary/aromatic N) is 1. The molecule has 0 bridgehead atoms. The van der Waals surface area contributed by atoms with Gasteiger partial charge in [-0.15, -0.1) is 0 Å². The quantitative estimate of drug-likeness (QED) is 0.270. The highest BCUT2D eigenvalue weighted by atomic mass is 16.8. The molecule has 0 aromatic heterocycles. The zero-order valence-corrected chi connectivity index (χ0v) is 22.5. The number of hydrogen-bond donors (Lipinski definition) is 3. The molecule has 10 heteroatoms. The fraction of sp³-hybridized carbons (Fsp3) is 0.323. The van der Waals surface area contributed by atoms with Crippen LogP contribution >= 0.6 is 0 Å². The van der Waals surface area contributed by atoms with E-state index in [9.17, 15) is 14.4 Å². The molecular weight excluding hydrogens is 528 g/mol. The third-order valence-electron chi connectivity index (χ3n) is 7.30. The minimum atomic E-state index is -1.50. The first kappa shape index (κ1) is 27.8. The summed E-state index contributed by atoms with van der Waals surface area (Å²) in [6.45, 7) is 1.03. The van der Waals surface area contributed by atoms with Gasteiger partial charge in [0, 0.05) is 18.5 Å². The number of para-hydroxylation sites is 1. The third kappa shape index (κ3) is 7.08. The summed E-state index contributed by atoms with van der Waals surface area (Å²) in [5.41, 5.74) is 4.20. The van der Waals surface area contributed by atoms with Gasteiger partial charge < -0.3 is 34.6 Å². The summed E-state index contributed by atoms with van der Waals surface area (Å²) in [7, 11) is 0. The number of benzene rings is 3. The molecule has 3 aromatic rings. The second-order valence-electron chi connectivity index (χ2n) is 10.2. The van der Waals surface area contributed by atoms with Crippen LogP contribution in [0.5, 0.6) is 11.5 Å². The van der Waals surface area contributed by atoms with Crippen LogP contribution in [0.15, 0.2) is 66.7 Å². The number of carbonyl (C=O) groups excluding carboxylic acids is 1. The van der Waals surface area contributed by atoms with Gasteiger partial charge in [-0.2, -0.15) is 0 Å². The maximum atomic E-state index is 13.1. The Bertz CT molecular complexity index is 1380. The molecule has 1 atom stereocenters. The van der Waals surface area contributed by atoms with E-state index in [4.69, 9.17) is 24.4 Å². The number of anilines is 2. The van der Waals surface area contributed by atoms with Crippen LogP contribution in [0.2, 0.25) is 0 Å². The minimum Gasteiger partial charge on any atom is -0.494 e. The van der Waals surface area contributed by atoms with Crippen molar-refractivity contribution in [2.45, 2.75) is 38.4 Å². The van der Waals surface area contributed by atoms with E-state index >= 15 is 0 Å². The van der Waals surface area contributed by atoms with Crippen LogP contribution in [0.25, 0.3) is 0 Å². The SMILES string of the molecule is O=C(O)CCCN1CC(OC(=O)O)Oc2c(NC(=O)c3ccc(OCCC4Cc5ccccc5C4)cc3)cccc21. The summed E-state index contributed by atoms with van der Waals surface area (Å²) in [6.07, 6.45) is 0.772. The molecule has 1 unspecified atom stereocenters. The lowest BCUT2D eigenvalue weighted by atomic mass is 10.0. The Morgan fingerprint density at radius 3 is 2.37 bits per heavy atom. The first-order valence-corrected chi connectivity index (χ1v) is 13.6. The fourth-order valence-electron chi connectivity index (χ4n) is 5.34. The molecule has 0 radical (unpaired) electrons. The lowest BCUT2D eigenvalue weighted by Gasteiger charge is -2.36. The normalized spacial score (nSPS) is 15.8. The highest BCUT2D eigenvalue weighted by molar-refractivity contribution is 6.05. The van der Waals surface area contributed by atoms with Crippen molar-refractivity contribution in [2.75, 3.05) is 29.9 Å². The van der Waals surface area contributed by atoms with Crippen LogP contribution in [0.1, 0.15) is 40.7 Å². The number of nitrogens with one attached hydrogen (secondary N) is 1. The van der Waals surface area contributed by atoms with E-state index in [1.165, 1.54) is 11.1 Å². The summed E-state index contributed by atoms with van der Waals surface area (Å²) < 4.78 is 16.6. The summed E-state index contributed by atoms with van der Waals surface area (Å²) in [6, 6.07) is 20.6. The fourth-order valence-corrected chi connectivity index (χ4v) is 5.34. The predicted octanol–water partition coefficient (Wildman–Crippen LogP) is 5.21. The van der Waals surface area contributed by atoms with Crippen molar-refractivity contribution < 1.29 is 38.8 Å². The van der Waals surface area contributed by atoms with Gasteiger partial charge in [0.1, 0.15) is 5.75 Å². The second-order valence-corrected chi connectivity index (χ2v) is 10.2. The van der Waals surface area contributed by atoms with E-state index in [1.807, 2.05) is 0 Å². The zero-order chi connectivity index (χ0) is 28.8. The van der Waals surface area contributed by atoms with Gasteiger partial charge in [0.15, 0.2) is 5.75 Å². The predicted molar refractivity (Wildman–Crippen MR) is 151 cm³/mol. The van der Waals surface area contributed by atoms with Gasteiger partial charge in [-0.1, -0.05) is 30.3 Å². The minimum absolute atomic E-state index is 0.0396. The lowest BCUT2D eigenvalue weighted by molar-refractivity contribution is -0.137. The largest absolute Gasteiger partial charge is 0.508 e. The summed E-state index contributed by atoms with van der Waals surface area (Å²) in [5, 5.41) is 20.9. The number of hydrogen-bond acceptors (Lipinski definition) is 7. The Morgan fingerprint density at radius 1 is 0.951 bits per heavy atom. The van der Waals surface area contributed by atoms with Gasteiger partial charge in [0.25, 0.3) is 12.2 Å². The van der Waals surface area contributed by atoms with Gasteiger partial charge in [-0.3, -0.25) is 9.59 Å². The van der Waals surface area contributed by atoms with Crippen molar-refractivity contribution in [3.8, 4) is 11.5 Å². The Balaban J connectivity index is 1.20. The van der Waals surface area contributed by atoms with Gasteiger partial charge in [0.2, 0.25) is 0 Å². The Labute approximate surface area is 237 Å². The summed E-state index contributed by atoms with van der Waals surface area (Å²) in [4.78, 5) is 37.0. The second kappa shape index (κ2) is 12.6. The molecule has 1 aliphatic carbocycles. The van der Waals surface area contributed by atoms with Crippen LogP contribution in [0.4, 0.5) is 16.2 Å². The highest BCUT2D eigenvalue weighted by Crippen LogP contribution is 2.40. The van der Waals surface area contributed by atoms with Crippen LogP contribution in [-0.2, 0) is 22.4 Å². The van der Waals surface area contributed by atoms with Crippen LogP contribution in [-0.4, -0.2) is 54.2 Å². The average molecular weight is 561 g/mol. The van der Waals surface area contributed by atoms with E-state index in [2.05, 4.69) is 29.6 Å². The van der Waals surface area contributed by atoms with Crippen molar-refractivity contribution in [3.63, 3.8) is 0 Å². The topological polar surface area (TPSA) is 135 Å². The van der Waals surface area contributed by atoms with Crippen LogP contribution in [0.3, 0.4) is 0 Å². The number of carboxylic acid groups (broad SMARTS) is 2. The van der Waals surface area contributed by atoms with Gasteiger partial charge in [-0.25, -0.2) is 4.79 Å². The van der Waals surface area contributed by atoms with Crippen molar-refractivity contribution in [1.29, 1.82) is 0 Å². The Kier molecular flexibility index (Phi) is 8.57. The van der Waals surface area contributed by atoms with E-state index < -0.39 is 18.4 Å². The molecule has 3 N–H and O–H groups in total. The molecule has 10 nitrogen and oxygen atoms in total. The first-order chi connectivity index (χ1) is 19.9.